The van der Waals surface area contributed by atoms with Gasteiger partial charge in [-0.1, -0.05) is 17.7 Å². The van der Waals surface area contributed by atoms with Crippen LogP contribution >= 0.6 is 11.6 Å². The number of hydrogen-bond donors (Lipinski definition) is 1. The summed E-state index contributed by atoms with van der Waals surface area (Å²) in [7, 11) is 0. The lowest BCUT2D eigenvalue weighted by Crippen LogP contribution is -2.17. The van der Waals surface area contributed by atoms with Crippen molar-refractivity contribution >= 4 is 11.6 Å². The maximum absolute atomic E-state index is 13.2. The minimum atomic E-state index is -0.248. The molecule has 0 aliphatic rings. The molecule has 106 valence electrons. The molecule has 2 aromatic rings. The predicted molar refractivity (Wildman–Crippen MR) is 80.0 cm³/mol. The molecule has 0 fully saturated rings. The van der Waals surface area contributed by atoms with Crippen molar-refractivity contribution < 1.29 is 9.13 Å². The molecular weight excluding hydrogens is 277 g/mol. The third-order valence-corrected chi connectivity index (χ3v) is 3.28. The fourth-order valence-electron chi connectivity index (χ4n) is 1.92. The summed E-state index contributed by atoms with van der Waals surface area (Å²) in [4.78, 5) is 0. The number of ether oxygens (including phenoxy) is 1. The maximum Gasteiger partial charge on any atom is 0.128 e. The summed E-state index contributed by atoms with van der Waals surface area (Å²) in [5.41, 5.74) is 7.29. The summed E-state index contributed by atoms with van der Waals surface area (Å²) in [6.45, 7) is 3.63. The van der Waals surface area contributed by atoms with E-state index in [1.165, 1.54) is 6.07 Å². The van der Waals surface area contributed by atoms with Crippen LogP contribution in [0.4, 0.5) is 4.39 Å². The number of rotatable bonds is 4. The minimum absolute atomic E-state index is 0.0546. The highest BCUT2D eigenvalue weighted by atomic mass is 35.5. The molecule has 0 heterocycles. The van der Waals surface area contributed by atoms with Crippen molar-refractivity contribution in [2.24, 2.45) is 5.73 Å². The standard InChI is InChI=1S/C16H17ClFNO/c1-10-7-13(5-6-16(10)18)20-14-4-3-12(8-11(2)19)15(17)9-14/h3-7,9,11H,8,19H2,1-2H3. The molecule has 0 aliphatic heterocycles. The van der Waals surface area contributed by atoms with Gasteiger partial charge >= 0.3 is 0 Å². The third-order valence-electron chi connectivity index (χ3n) is 2.93. The van der Waals surface area contributed by atoms with Gasteiger partial charge in [0.15, 0.2) is 0 Å². The molecule has 0 amide bonds. The fourth-order valence-corrected chi connectivity index (χ4v) is 2.17. The van der Waals surface area contributed by atoms with Crippen molar-refractivity contribution in [2.45, 2.75) is 26.3 Å². The first-order valence-electron chi connectivity index (χ1n) is 6.43. The largest absolute Gasteiger partial charge is 0.457 e. The summed E-state index contributed by atoms with van der Waals surface area (Å²) in [6.07, 6.45) is 0.717. The second-order valence-electron chi connectivity index (χ2n) is 4.95. The molecular formula is C16H17ClFNO. The number of benzene rings is 2. The molecule has 1 atom stereocenters. The third kappa shape index (κ3) is 3.71. The van der Waals surface area contributed by atoms with E-state index in [1.54, 1.807) is 25.1 Å². The van der Waals surface area contributed by atoms with Gasteiger partial charge in [0.05, 0.1) is 0 Å². The van der Waals surface area contributed by atoms with E-state index in [-0.39, 0.29) is 11.9 Å². The molecule has 2 aromatic carbocycles. The van der Waals surface area contributed by atoms with Crippen LogP contribution in [-0.2, 0) is 6.42 Å². The van der Waals surface area contributed by atoms with Crippen LogP contribution in [0.15, 0.2) is 36.4 Å². The summed E-state index contributed by atoms with van der Waals surface area (Å²) in [6, 6.07) is 10.2. The first-order valence-corrected chi connectivity index (χ1v) is 6.81. The van der Waals surface area contributed by atoms with Crippen molar-refractivity contribution in [1.29, 1.82) is 0 Å². The van der Waals surface area contributed by atoms with Crippen LogP contribution in [0.2, 0.25) is 5.02 Å². The number of aryl methyl sites for hydroxylation is 1. The van der Waals surface area contributed by atoms with E-state index in [2.05, 4.69) is 0 Å². The zero-order valence-corrected chi connectivity index (χ0v) is 12.2. The van der Waals surface area contributed by atoms with Crippen molar-refractivity contribution in [1.82, 2.24) is 0 Å². The van der Waals surface area contributed by atoms with Crippen LogP contribution in [0.3, 0.4) is 0 Å². The molecule has 4 heteroatoms. The van der Waals surface area contributed by atoms with E-state index >= 15 is 0 Å². The van der Waals surface area contributed by atoms with Crippen molar-refractivity contribution in [3.05, 3.63) is 58.4 Å². The van der Waals surface area contributed by atoms with E-state index in [4.69, 9.17) is 22.1 Å². The van der Waals surface area contributed by atoms with E-state index in [9.17, 15) is 4.39 Å². The first kappa shape index (κ1) is 14.8. The van der Waals surface area contributed by atoms with Gasteiger partial charge in [-0.15, -0.1) is 0 Å². The molecule has 0 aliphatic carbocycles. The summed E-state index contributed by atoms with van der Waals surface area (Å²) >= 11 is 6.20. The van der Waals surface area contributed by atoms with Gasteiger partial charge in [-0.05, 0) is 61.7 Å². The van der Waals surface area contributed by atoms with Gasteiger partial charge < -0.3 is 10.5 Å². The highest BCUT2D eigenvalue weighted by Gasteiger charge is 2.07. The van der Waals surface area contributed by atoms with Crippen LogP contribution in [0.1, 0.15) is 18.1 Å². The Balaban J connectivity index is 2.17. The Morgan fingerprint density at radius 2 is 1.85 bits per heavy atom. The fraction of sp³-hybridized carbons (Fsp3) is 0.250. The van der Waals surface area contributed by atoms with Gasteiger partial charge in [0, 0.05) is 11.1 Å². The lowest BCUT2D eigenvalue weighted by Gasteiger charge is -2.11. The smallest absolute Gasteiger partial charge is 0.128 e. The molecule has 0 bridgehead atoms. The number of nitrogens with two attached hydrogens (primary N) is 1. The van der Waals surface area contributed by atoms with Gasteiger partial charge in [0.1, 0.15) is 17.3 Å². The van der Waals surface area contributed by atoms with Gasteiger partial charge in [-0.2, -0.15) is 0 Å². The van der Waals surface area contributed by atoms with E-state index in [0.29, 0.717) is 22.1 Å². The monoisotopic (exact) mass is 293 g/mol. The average molecular weight is 294 g/mol. The predicted octanol–water partition coefficient (Wildman–Crippen LogP) is 4.47. The number of hydrogen-bond acceptors (Lipinski definition) is 2. The highest BCUT2D eigenvalue weighted by Crippen LogP contribution is 2.28. The molecule has 20 heavy (non-hydrogen) atoms. The molecule has 2 rings (SSSR count). The Kier molecular flexibility index (Phi) is 4.63. The molecule has 2 nitrogen and oxygen atoms in total. The zero-order valence-electron chi connectivity index (χ0n) is 11.5. The highest BCUT2D eigenvalue weighted by molar-refractivity contribution is 6.31. The van der Waals surface area contributed by atoms with Crippen LogP contribution < -0.4 is 10.5 Å². The minimum Gasteiger partial charge on any atom is -0.457 e. The van der Waals surface area contributed by atoms with Gasteiger partial charge in [0.2, 0.25) is 0 Å². The molecule has 0 radical (unpaired) electrons. The van der Waals surface area contributed by atoms with E-state index < -0.39 is 0 Å². The van der Waals surface area contributed by atoms with Crippen LogP contribution in [-0.4, -0.2) is 6.04 Å². The van der Waals surface area contributed by atoms with E-state index in [1.807, 2.05) is 19.1 Å². The quantitative estimate of drug-likeness (QED) is 0.902. The second-order valence-corrected chi connectivity index (χ2v) is 5.35. The summed E-state index contributed by atoms with van der Waals surface area (Å²) in [5.74, 6) is 0.956. The Morgan fingerprint density at radius 1 is 1.20 bits per heavy atom. The van der Waals surface area contributed by atoms with Gasteiger partial charge in [-0.25, -0.2) is 4.39 Å². The maximum atomic E-state index is 13.2. The summed E-state index contributed by atoms with van der Waals surface area (Å²) < 4.78 is 18.9. The van der Waals surface area contributed by atoms with Crippen molar-refractivity contribution in [3.8, 4) is 11.5 Å². The molecule has 2 N–H and O–H groups in total. The zero-order chi connectivity index (χ0) is 14.7. The lowest BCUT2D eigenvalue weighted by molar-refractivity contribution is 0.479. The Hall–Kier alpha value is -1.58. The molecule has 0 spiro atoms. The van der Waals surface area contributed by atoms with E-state index in [0.717, 1.165) is 12.0 Å². The van der Waals surface area contributed by atoms with Crippen LogP contribution in [0.25, 0.3) is 0 Å². The van der Waals surface area contributed by atoms with Crippen LogP contribution in [0.5, 0.6) is 11.5 Å². The Labute approximate surface area is 123 Å². The lowest BCUT2D eigenvalue weighted by atomic mass is 10.1. The van der Waals surface area contributed by atoms with Crippen molar-refractivity contribution in [3.63, 3.8) is 0 Å². The number of halogens is 2. The second kappa shape index (κ2) is 6.25. The summed E-state index contributed by atoms with van der Waals surface area (Å²) in [5, 5.41) is 0.624. The Morgan fingerprint density at radius 3 is 2.45 bits per heavy atom. The average Bonchev–Trinajstić information content (AvgIpc) is 2.37. The first-order chi connectivity index (χ1) is 9.45. The molecule has 0 saturated carbocycles. The van der Waals surface area contributed by atoms with Crippen LogP contribution in [0, 0.1) is 12.7 Å². The van der Waals surface area contributed by atoms with Crippen molar-refractivity contribution in [2.75, 3.05) is 0 Å². The molecule has 0 saturated heterocycles. The molecule has 0 aromatic heterocycles. The van der Waals surface area contributed by atoms with Gasteiger partial charge in [0.25, 0.3) is 0 Å². The Bertz CT molecular complexity index is 613. The topological polar surface area (TPSA) is 35.2 Å². The SMILES string of the molecule is Cc1cc(Oc2ccc(CC(C)N)c(Cl)c2)ccc1F. The molecule has 1 unspecified atom stereocenters. The normalized spacial score (nSPS) is 12.2. The van der Waals surface area contributed by atoms with Gasteiger partial charge in [-0.3, -0.25) is 0 Å².